The molecule has 9 nitrogen and oxygen atoms in total. The summed E-state index contributed by atoms with van der Waals surface area (Å²) in [5.74, 6) is 0.0147. The van der Waals surface area contributed by atoms with E-state index in [2.05, 4.69) is 27.8 Å². The molecule has 3 N–H and O–H groups in total. The van der Waals surface area contributed by atoms with Crippen LogP contribution in [0.2, 0.25) is 0 Å². The zero-order chi connectivity index (χ0) is 22.4. The summed E-state index contributed by atoms with van der Waals surface area (Å²) in [6.45, 7) is 3.96. The van der Waals surface area contributed by atoms with E-state index in [-0.39, 0.29) is 17.4 Å². The number of carbonyl (C=O) groups is 1. The molecule has 0 radical (unpaired) electrons. The summed E-state index contributed by atoms with van der Waals surface area (Å²) in [6, 6.07) is 9.90. The Labute approximate surface area is 181 Å². The second-order valence-electron chi connectivity index (χ2n) is 7.61. The molecule has 0 aliphatic rings. The fourth-order valence-electron chi connectivity index (χ4n) is 3.17. The number of amides is 1. The van der Waals surface area contributed by atoms with Gasteiger partial charge in [-0.15, -0.1) is 5.10 Å². The number of nitrogens with one attached hydrogen (secondary N) is 1. The van der Waals surface area contributed by atoms with Gasteiger partial charge in [-0.1, -0.05) is 25.5 Å². The number of aryl methyl sites for hydroxylation is 1. The van der Waals surface area contributed by atoms with Crippen LogP contribution in [0.1, 0.15) is 30.1 Å². The van der Waals surface area contributed by atoms with E-state index in [1.54, 1.807) is 35.0 Å². The maximum Gasteiger partial charge on any atom is 0.251 e. The predicted octanol–water partition coefficient (Wildman–Crippen LogP) is 2.51. The van der Waals surface area contributed by atoms with E-state index in [9.17, 15) is 15.0 Å². The normalized spacial score (nSPS) is 11.1. The number of hydrogen-bond acceptors (Lipinski definition) is 7. The maximum atomic E-state index is 12.5. The number of aromatic hydroxyl groups is 2. The van der Waals surface area contributed by atoms with E-state index >= 15 is 0 Å². The van der Waals surface area contributed by atoms with Gasteiger partial charge >= 0.3 is 0 Å². The molecule has 2 aromatic carbocycles. The summed E-state index contributed by atoms with van der Waals surface area (Å²) >= 11 is 0. The van der Waals surface area contributed by atoms with Gasteiger partial charge in [-0.05, 0) is 54.7 Å². The van der Waals surface area contributed by atoms with Crippen molar-refractivity contribution in [3.05, 3.63) is 42.0 Å². The minimum absolute atomic E-state index is 0.0981. The number of phenolic OH excluding ortho intramolecular Hbond substituents is 2. The molecule has 1 aromatic heterocycles. The molecule has 0 saturated carbocycles. The molecule has 0 unspecified atom stereocenters. The van der Waals surface area contributed by atoms with Gasteiger partial charge in [-0.3, -0.25) is 4.79 Å². The van der Waals surface area contributed by atoms with Crippen LogP contribution in [0.4, 0.5) is 0 Å². The van der Waals surface area contributed by atoms with Gasteiger partial charge < -0.3 is 20.4 Å². The minimum atomic E-state index is -0.189. The van der Waals surface area contributed by atoms with E-state index in [1.807, 2.05) is 19.0 Å². The van der Waals surface area contributed by atoms with Crippen LogP contribution in [0.5, 0.6) is 11.5 Å². The zero-order valence-corrected chi connectivity index (χ0v) is 18.0. The Balaban J connectivity index is 1.93. The first-order chi connectivity index (χ1) is 14.9. The van der Waals surface area contributed by atoms with Crippen molar-refractivity contribution in [2.45, 2.75) is 26.3 Å². The van der Waals surface area contributed by atoms with Crippen LogP contribution in [0, 0.1) is 0 Å². The lowest BCUT2D eigenvalue weighted by molar-refractivity contribution is 0.0951. The van der Waals surface area contributed by atoms with Gasteiger partial charge in [-0.2, -0.15) is 0 Å². The number of carbonyl (C=O) groups excluding carboxylic acids is 1. The highest BCUT2D eigenvalue weighted by Gasteiger charge is 2.18. The second kappa shape index (κ2) is 10.0. The van der Waals surface area contributed by atoms with E-state index in [4.69, 9.17) is 0 Å². The number of tetrazole rings is 1. The molecule has 3 rings (SSSR count). The van der Waals surface area contributed by atoms with Crippen molar-refractivity contribution in [3.63, 3.8) is 0 Å². The Morgan fingerprint density at radius 1 is 1.13 bits per heavy atom. The topological polar surface area (TPSA) is 116 Å². The molecule has 1 heterocycles. The molecule has 1 amide bonds. The summed E-state index contributed by atoms with van der Waals surface area (Å²) in [7, 11) is 3.88. The molecule has 0 spiro atoms. The van der Waals surface area contributed by atoms with Gasteiger partial charge in [-0.25, -0.2) is 4.68 Å². The van der Waals surface area contributed by atoms with Crippen molar-refractivity contribution in [1.82, 2.24) is 30.4 Å². The van der Waals surface area contributed by atoms with E-state index < -0.39 is 0 Å². The first kappa shape index (κ1) is 22.2. The largest absolute Gasteiger partial charge is 0.507 e. The molecule has 0 atom stereocenters. The van der Waals surface area contributed by atoms with Crippen LogP contribution in [-0.2, 0) is 6.54 Å². The van der Waals surface area contributed by atoms with Crippen LogP contribution in [0.25, 0.3) is 22.5 Å². The molecule has 31 heavy (non-hydrogen) atoms. The Kier molecular flexibility index (Phi) is 7.19. The standard InChI is InChI=1S/C22H28N6O3/c1-4-5-10-28-21(24-25-26-28)18-13-17(19(29)14-20(18)30)15-7-6-8-16(12-15)22(31)23-9-11-27(2)3/h6-8,12-14,29-30H,4-5,9-11H2,1-3H3,(H,23,31). The van der Waals surface area contributed by atoms with E-state index in [1.165, 1.54) is 6.07 Å². The van der Waals surface area contributed by atoms with Crippen molar-refractivity contribution in [1.29, 1.82) is 0 Å². The van der Waals surface area contributed by atoms with Crippen LogP contribution >= 0.6 is 0 Å². The van der Waals surface area contributed by atoms with Crippen LogP contribution in [0.15, 0.2) is 36.4 Å². The summed E-state index contributed by atoms with van der Waals surface area (Å²) < 4.78 is 1.63. The Morgan fingerprint density at radius 2 is 1.90 bits per heavy atom. The smallest absolute Gasteiger partial charge is 0.251 e. The number of rotatable bonds is 9. The number of nitrogens with zero attached hydrogens (tertiary/aromatic N) is 5. The Bertz CT molecular complexity index is 1050. The fourth-order valence-corrected chi connectivity index (χ4v) is 3.17. The van der Waals surface area contributed by atoms with Crippen molar-refractivity contribution < 1.29 is 15.0 Å². The van der Waals surface area contributed by atoms with Gasteiger partial charge in [0.2, 0.25) is 0 Å². The average Bonchev–Trinajstić information content (AvgIpc) is 3.20. The third kappa shape index (κ3) is 5.37. The number of unbranched alkanes of at least 4 members (excludes halogenated alkanes) is 1. The van der Waals surface area contributed by atoms with Crippen molar-refractivity contribution in [3.8, 4) is 34.0 Å². The number of benzene rings is 2. The summed E-state index contributed by atoms with van der Waals surface area (Å²) in [5.41, 5.74) is 2.01. The molecule has 0 aliphatic heterocycles. The monoisotopic (exact) mass is 424 g/mol. The van der Waals surface area contributed by atoms with Crippen molar-refractivity contribution in [2.75, 3.05) is 27.2 Å². The molecule has 0 aliphatic carbocycles. The van der Waals surface area contributed by atoms with Gasteiger partial charge in [0.25, 0.3) is 5.91 Å². The lowest BCUT2D eigenvalue weighted by Gasteiger charge is -2.13. The number of phenols is 2. The van der Waals surface area contributed by atoms with Gasteiger partial charge in [0.1, 0.15) is 11.5 Å². The van der Waals surface area contributed by atoms with Crippen LogP contribution in [0.3, 0.4) is 0 Å². The highest BCUT2D eigenvalue weighted by atomic mass is 16.3. The van der Waals surface area contributed by atoms with Gasteiger partial charge in [0.15, 0.2) is 5.82 Å². The SMILES string of the molecule is CCCCn1nnnc1-c1cc(-c2cccc(C(=O)NCCN(C)C)c2)c(O)cc1O. The second-order valence-corrected chi connectivity index (χ2v) is 7.61. The maximum absolute atomic E-state index is 12.5. The molecular weight excluding hydrogens is 396 g/mol. The quantitative estimate of drug-likeness (QED) is 0.483. The van der Waals surface area contributed by atoms with Crippen LogP contribution in [-0.4, -0.2) is 68.4 Å². The third-order valence-corrected chi connectivity index (χ3v) is 4.89. The highest BCUT2D eigenvalue weighted by Crippen LogP contribution is 2.39. The lowest BCUT2D eigenvalue weighted by Crippen LogP contribution is -2.31. The average molecular weight is 425 g/mol. The highest BCUT2D eigenvalue weighted by molar-refractivity contribution is 5.95. The van der Waals surface area contributed by atoms with Crippen LogP contribution < -0.4 is 5.32 Å². The summed E-state index contributed by atoms with van der Waals surface area (Å²) in [5, 5.41) is 35.6. The third-order valence-electron chi connectivity index (χ3n) is 4.89. The first-order valence-electron chi connectivity index (χ1n) is 10.3. The van der Waals surface area contributed by atoms with E-state index in [0.717, 1.165) is 19.4 Å². The number of aromatic nitrogens is 4. The molecular formula is C22H28N6O3. The molecule has 0 bridgehead atoms. The molecule has 0 fully saturated rings. The van der Waals surface area contributed by atoms with Gasteiger partial charge in [0.05, 0.1) is 5.56 Å². The molecule has 9 heteroatoms. The van der Waals surface area contributed by atoms with Gasteiger partial charge in [0, 0.05) is 36.8 Å². The Hall–Kier alpha value is -3.46. The number of likely N-dealkylation sites (N-methyl/N-ethyl adjacent to an activating group) is 1. The lowest BCUT2D eigenvalue weighted by atomic mass is 9.99. The first-order valence-corrected chi connectivity index (χ1v) is 10.3. The zero-order valence-electron chi connectivity index (χ0n) is 18.0. The molecule has 0 saturated heterocycles. The van der Waals surface area contributed by atoms with E-state index in [0.29, 0.717) is 41.2 Å². The molecule has 164 valence electrons. The minimum Gasteiger partial charge on any atom is -0.507 e. The Morgan fingerprint density at radius 3 is 2.65 bits per heavy atom. The number of hydrogen-bond donors (Lipinski definition) is 3. The molecule has 3 aromatic rings. The fraction of sp³-hybridized carbons (Fsp3) is 0.364. The van der Waals surface area contributed by atoms with Crippen molar-refractivity contribution in [2.24, 2.45) is 0 Å². The summed E-state index contributed by atoms with van der Waals surface area (Å²) in [4.78, 5) is 14.5. The van der Waals surface area contributed by atoms with Crippen molar-refractivity contribution >= 4 is 5.91 Å². The summed E-state index contributed by atoms with van der Waals surface area (Å²) in [6.07, 6.45) is 1.88. The predicted molar refractivity (Wildman–Crippen MR) is 118 cm³/mol.